The number of pyridine rings is 3. The molecule has 0 spiro atoms. The van der Waals surface area contributed by atoms with Crippen LogP contribution in [0.5, 0.6) is 0 Å². The molecule has 1 radical (unpaired) electrons. The number of benzene rings is 5. The molecule has 0 unspecified atom stereocenters. The van der Waals surface area contributed by atoms with E-state index in [1.807, 2.05) is 68.7 Å². The van der Waals surface area contributed by atoms with Gasteiger partial charge in [0.25, 0.3) is 0 Å². The number of hydrogen-bond acceptors (Lipinski definition) is 4. The monoisotopic (exact) mass is 850 g/mol. The van der Waals surface area contributed by atoms with Crippen LogP contribution in [0.4, 0.5) is 0 Å². The van der Waals surface area contributed by atoms with E-state index < -0.39 is 0 Å². The molecule has 0 bridgehead atoms. The first kappa shape index (κ1) is 34.7. The van der Waals surface area contributed by atoms with Crippen molar-refractivity contribution in [1.82, 2.24) is 15.0 Å². The van der Waals surface area contributed by atoms with Crippen LogP contribution in [0.25, 0.3) is 77.6 Å². The number of aryl methyl sites for hydroxylation is 4. The Balaban J connectivity index is 0.000000174. The van der Waals surface area contributed by atoms with E-state index in [4.69, 9.17) is 4.42 Å². The third-order valence-electron chi connectivity index (χ3n) is 9.21. The van der Waals surface area contributed by atoms with Crippen molar-refractivity contribution in [2.45, 2.75) is 27.7 Å². The second kappa shape index (κ2) is 14.9. The van der Waals surface area contributed by atoms with Gasteiger partial charge in [-0.1, -0.05) is 108 Å². The van der Waals surface area contributed by atoms with Crippen LogP contribution >= 0.6 is 0 Å². The summed E-state index contributed by atoms with van der Waals surface area (Å²) in [7, 11) is 0. The van der Waals surface area contributed by atoms with Gasteiger partial charge < -0.3 is 14.4 Å². The first-order valence-corrected chi connectivity index (χ1v) is 17.1. The van der Waals surface area contributed by atoms with Crippen LogP contribution < -0.4 is 0 Å². The van der Waals surface area contributed by atoms with Crippen LogP contribution in [0.2, 0.25) is 0 Å². The van der Waals surface area contributed by atoms with Gasteiger partial charge in [-0.2, -0.15) is 0 Å². The summed E-state index contributed by atoms with van der Waals surface area (Å²) >= 11 is 0. The Hall–Kier alpha value is -5.74. The van der Waals surface area contributed by atoms with Crippen molar-refractivity contribution < 1.29 is 24.5 Å². The molecular weight excluding hydrogens is 815 g/mol. The topological polar surface area (TPSA) is 51.8 Å². The van der Waals surface area contributed by atoms with E-state index >= 15 is 0 Å². The summed E-state index contributed by atoms with van der Waals surface area (Å²) < 4.78 is 6.15. The minimum absolute atomic E-state index is 0. The Morgan fingerprint density at radius 1 is 0.596 bits per heavy atom. The predicted molar refractivity (Wildman–Crippen MR) is 209 cm³/mol. The SMILES string of the molecule is Cc1ccc(-c2[c-]cc(C)c(-c3ccccc3)c2)nc1.Cc1ccc2ccc(-c3ccnc(-c4[c-]ccc5c4oc4nc(C)ccc45)c3)cc2c1.[Ir]. The molecule has 0 saturated carbocycles. The number of furan rings is 1. The Kier molecular flexibility index (Phi) is 9.91. The molecule has 0 aliphatic carbocycles. The van der Waals surface area contributed by atoms with E-state index in [9.17, 15) is 0 Å². The van der Waals surface area contributed by atoms with Crippen LogP contribution in [-0.4, -0.2) is 15.0 Å². The molecule has 0 fully saturated rings. The molecule has 4 heterocycles. The Morgan fingerprint density at radius 2 is 1.40 bits per heavy atom. The normalized spacial score (nSPS) is 10.9. The number of aromatic nitrogens is 3. The molecule has 5 heteroatoms. The maximum atomic E-state index is 6.15. The van der Waals surface area contributed by atoms with Gasteiger partial charge in [-0.15, -0.1) is 47.5 Å². The van der Waals surface area contributed by atoms with Crippen LogP contribution in [0.15, 0.2) is 144 Å². The zero-order valence-corrected chi connectivity index (χ0v) is 31.8. The number of nitrogens with zero attached hydrogens (tertiary/aromatic N) is 3. The fraction of sp³-hybridized carbons (Fsp3) is 0.0851. The van der Waals surface area contributed by atoms with Crippen LogP contribution in [0, 0.1) is 39.8 Å². The largest absolute Gasteiger partial charge is 0.486 e. The van der Waals surface area contributed by atoms with Crippen molar-refractivity contribution in [3.63, 3.8) is 0 Å². The maximum Gasteiger partial charge on any atom is 0.216 e. The summed E-state index contributed by atoms with van der Waals surface area (Å²) in [4.78, 5) is 13.7. The van der Waals surface area contributed by atoms with Crippen molar-refractivity contribution in [3.8, 4) is 44.8 Å². The Morgan fingerprint density at radius 3 is 2.23 bits per heavy atom. The average molecular weight is 850 g/mol. The smallest absolute Gasteiger partial charge is 0.216 e. The van der Waals surface area contributed by atoms with Gasteiger partial charge in [0.1, 0.15) is 0 Å². The third kappa shape index (κ3) is 7.07. The molecule has 0 amide bonds. The number of hydrogen-bond donors (Lipinski definition) is 0. The van der Waals surface area contributed by atoms with Gasteiger partial charge in [-0.25, -0.2) is 4.98 Å². The predicted octanol–water partition coefficient (Wildman–Crippen LogP) is 12.1. The first-order chi connectivity index (χ1) is 24.9. The molecule has 4 nitrogen and oxygen atoms in total. The molecule has 52 heavy (non-hydrogen) atoms. The van der Waals surface area contributed by atoms with Gasteiger partial charge in [0, 0.05) is 43.6 Å². The van der Waals surface area contributed by atoms with Crippen molar-refractivity contribution in [1.29, 1.82) is 0 Å². The van der Waals surface area contributed by atoms with Crippen molar-refractivity contribution in [3.05, 3.63) is 174 Å². The standard InChI is InChI=1S/C28H19N2O.C19H16N.Ir/c1-17-6-8-19-9-10-20(15-22(19)14-17)21-12-13-29-26(16-21)25-5-3-4-23-24-11-7-18(2)30-28(24)31-27(23)25;1-14-8-11-19(20-13-14)17-10-9-15(2)18(12-17)16-6-4-3-5-7-16;/h3-4,6-16H,1-2H3;3-9,11-13H,1-2H3;/q2*-1;. The Labute approximate surface area is 317 Å². The van der Waals surface area contributed by atoms with Gasteiger partial charge >= 0.3 is 0 Å². The van der Waals surface area contributed by atoms with Crippen molar-refractivity contribution >= 4 is 32.8 Å². The van der Waals surface area contributed by atoms with Crippen LogP contribution in [0.3, 0.4) is 0 Å². The molecule has 0 aliphatic rings. The number of fused-ring (bicyclic) bond motifs is 4. The summed E-state index contributed by atoms with van der Waals surface area (Å²) in [6.07, 6.45) is 3.74. The Bertz CT molecular complexity index is 2680. The quantitative estimate of drug-likeness (QED) is 0.166. The molecule has 255 valence electrons. The fourth-order valence-corrected chi connectivity index (χ4v) is 6.46. The average Bonchev–Trinajstić information content (AvgIpc) is 3.53. The number of rotatable bonds is 4. The van der Waals surface area contributed by atoms with Gasteiger partial charge in [-0.3, -0.25) is 0 Å². The van der Waals surface area contributed by atoms with E-state index in [1.165, 1.54) is 38.6 Å². The van der Waals surface area contributed by atoms with Crippen molar-refractivity contribution in [2.75, 3.05) is 0 Å². The second-order valence-electron chi connectivity index (χ2n) is 13.0. The van der Waals surface area contributed by atoms with Gasteiger partial charge in [0.2, 0.25) is 5.71 Å². The van der Waals surface area contributed by atoms with E-state index in [2.05, 4.69) is 126 Å². The van der Waals surface area contributed by atoms with Gasteiger partial charge in [-0.05, 0) is 89.5 Å². The summed E-state index contributed by atoms with van der Waals surface area (Å²) in [5.41, 5.74) is 14.5. The minimum Gasteiger partial charge on any atom is -0.486 e. The van der Waals surface area contributed by atoms with E-state index in [1.54, 1.807) is 0 Å². The molecule has 9 rings (SSSR count). The molecule has 4 aromatic heterocycles. The zero-order chi connectivity index (χ0) is 34.9. The molecule has 0 atom stereocenters. The van der Waals surface area contributed by atoms with E-state index in [0.717, 1.165) is 55.7 Å². The van der Waals surface area contributed by atoms with Crippen molar-refractivity contribution in [2.24, 2.45) is 0 Å². The van der Waals surface area contributed by atoms with E-state index in [-0.39, 0.29) is 20.1 Å². The molecule has 0 saturated heterocycles. The van der Waals surface area contributed by atoms with E-state index in [0.29, 0.717) is 5.71 Å². The zero-order valence-electron chi connectivity index (χ0n) is 29.4. The third-order valence-corrected chi connectivity index (χ3v) is 9.21. The summed E-state index contributed by atoms with van der Waals surface area (Å²) in [6.45, 7) is 8.25. The van der Waals surface area contributed by atoms with Crippen LogP contribution in [0.1, 0.15) is 22.4 Å². The summed E-state index contributed by atoms with van der Waals surface area (Å²) in [6, 6.07) is 50.7. The summed E-state index contributed by atoms with van der Waals surface area (Å²) in [5, 5.41) is 4.52. The molecule has 0 aliphatic heterocycles. The first-order valence-electron chi connectivity index (χ1n) is 17.1. The summed E-state index contributed by atoms with van der Waals surface area (Å²) in [5.74, 6) is 0. The van der Waals surface area contributed by atoms with Gasteiger partial charge in [0.15, 0.2) is 0 Å². The minimum atomic E-state index is 0. The fourth-order valence-electron chi connectivity index (χ4n) is 6.46. The maximum absolute atomic E-state index is 6.15. The van der Waals surface area contributed by atoms with Crippen LogP contribution in [-0.2, 0) is 20.1 Å². The molecular formula is C47H35IrN3O-2. The molecule has 0 N–H and O–H groups in total. The van der Waals surface area contributed by atoms with Gasteiger partial charge in [0.05, 0.1) is 5.58 Å². The molecule has 5 aromatic carbocycles. The second-order valence-corrected chi connectivity index (χ2v) is 13.0. The molecule has 9 aromatic rings.